The molecule has 0 atom stereocenters. The van der Waals surface area contributed by atoms with Crippen LogP contribution in [0.1, 0.15) is 0 Å². The number of halogens is 1. The van der Waals surface area contributed by atoms with Gasteiger partial charge in [0.2, 0.25) is 0 Å². The van der Waals surface area contributed by atoms with Crippen molar-refractivity contribution in [2.24, 2.45) is 0 Å². The average Bonchev–Trinajstić information content (AvgIpc) is 2.14. The predicted octanol–water partition coefficient (Wildman–Crippen LogP) is -2.62. The first-order chi connectivity index (χ1) is 4.83. The molecule has 0 saturated carbocycles. The van der Waals surface area contributed by atoms with Gasteiger partial charge in [-0.2, -0.15) is 0 Å². The zero-order valence-electron chi connectivity index (χ0n) is 6.55. The summed E-state index contributed by atoms with van der Waals surface area (Å²) in [5.74, 6) is 0. The van der Waals surface area contributed by atoms with Crippen LogP contribution in [0.4, 0.5) is 0 Å². The van der Waals surface area contributed by atoms with Crippen molar-refractivity contribution in [2.75, 3.05) is 31.6 Å². The van der Waals surface area contributed by atoms with Gasteiger partial charge in [0.25, 0.3) is 0 Å². The summed E-state index contributed by atoms with van der Waals surface area (Å²) >= 11 is 0.269. The van der Waals surface area contributed by atoms with Crippen LogP contribution in [-0.4, -0.2) is 39.6 Å². The second kappa shape index (κ2) is 4.18. The zero-order valence-corrected chi connectivity index (χ0v) is 8.71. The van der Waals surface area contributed by atoms with Gasteiger partial charge in [0.15, 0.2) is 0 Å². The molecule has 0 aromatic rings. The summed E-state index contributed by atoms with van der Waals surface area (Å²) in [5.41, 5.74) is 0. The Morgan fingerprint density at radius 3 is 2.90 bits per heavy atom. The standard InChI is InChI=1S/C7H14IN2/c1-8-10-5-3-4-9(2)6-7-10/h3,5H,4,6-7H2,1-2H3/q-1. The van der Waals surface area contributed by atoms with E-state index in [0.717, 1.165) is 6.54 Å². The Morgan fingerprint density at radius 2 is 2.20 bits per heavy atom. The van der Waals surface area contributed by atoms with E-state index in [9.17, 15) is 0 Å². The van der Waals surface area contributed by atoms with Crippen molar-refractivity contribution in [3.8, 4) is 0 Å². The third-order valence-electron chi connectivity index (χ3n) is 1.60. The molecule has 0 radical (unpaired) electrons. The molecule has 0 N–H and O–H groups in total. The van der Waals surface area contributed by atoms with Crippen LogP contribution in [0, 0.1) is 0 Å². The molecule has 0 spiro atoms. The summed E-state index contributed by atoms with van der Waals surface area (Å²) in [6.45, 7) is 3.54. The van der Waals surface area contributed by atoms with Crippen molar-refractivity contribution in [1.82, 2.24) is 8.01 Å². The van der Waals surface area contributed by atoms with Gasteiger partial charge < -0.3 is 0 Å². The molecule has 3 heteroatoms. The van der Waals surface area contributed by atoms with Crippen LogP contribution >= 0.6 is 0 Å². The van der Waals surface area contributed by atoms with Gasteiger partial charge in [-0.05, 0) is 0 Å². The van der Waals surface area contributed by atoms with Crippen LogP contribution in [-0.2, 0) is 0 Å². The summed E-state index contributed by atoms with van der Waals surface area (Å²) in [6.07, 6.45) is 4.49. The van der Waals surface area contributed by atoms with Crippen molar-refractivity contribution in [2.45, 2.75) is 0 Å². The second-order valence-corrected chi connectivity index (χ2v) is 4.64. The van der Waals surface area contributed by atoms with E-state index in [0.29, 0.717) is 0 Å². The summed E-state index contributed by atoms with van der Waals surface area (Å²) in [7, 11) is 2.17. The molecule has 1 rings (SSSR count). The molecular weight excluding hydrogens is 239 g/mol. The normalized spacial score (nSPS) is 21.6. The number of hydrogen-bond acceptors (Lipinski definition) is 2. The molecule has 0 fully saturated rings. The Morgan fingerprint density at radius 1 is 1.40 bits per heavy atom. The van der Waals surface area contributed by atoms with Crippen molar-refractivity contribution >= 4 is 0 Å². The van der Waals surface area contributed by atoms with Gasteiger partial charge in [0.1, 0.15) is 0 Å². The number of likely N-dealkylation sites (N-methyl/N-ethyl adjacent to an activating group) is 1. The van der Waals surface area contributed by atoms with Gasteiger partial charge in [0.05, 0.1) is 0 Å². The van der Waals surface area contributed by atoms with Crippen LogP contribution in [0.15, 0.2) is 12.3 Å². The number of nitrogens with zero attached hydrogens (tertiary/aromatic N) is 2. The van der Waals surface area contributed by atoms with Crippen molar-refractivity contribution in [3.63, 3.8) is 0 Å². The Balaban J connectivity index is 2.38. The van der Waals surface area contributed by atoms with Gasteiger partial charge in [-0.25, -0.2) is 0 Å². The summed E-state index contributed by atoms with van der Waals surface area (Å²) in [6, 6.07) is 0. The van der Waals surface area contributed by atoms with Gasteiger partial charge in [-0.15, -0.1) is 0 Å². The van der Waals surface area contributed by atoms with E-state index in [4.69, 9.17) is 0 Å². The third kappa shape index (κ3) is 2.46. The first kappa shape index (κ1) is 8.33. The molecule has 10 heavy (non-hydrogen) atoms. The molecule has 0 unspecified atom stereocenters. The van der Waals surface area contributed by atoms with Crippen molar-refractivity contribution < 1.29 is 21.5 Å². The van der Waals surface area contributed by atoms with Gasteiger partial charge in [0, 0.05) is 0 Å². The maximum absolute atomic E-state index is 2.45. The van der Waals surface area contributed by atoms with Crippen LogP contribution in [0.5, 0.6) is 0 Å². The number of rotatable bonds is 1. The van der Waals surface area contributed by atoms with Gasteiger partial charge in [-0.3, -0.25) is 0 Å². The average molecular weight is 253 g/mol. The molecule has 0 aromatic carbocycles. The van der Waals surface area contributed by atoms with E-state index in [1.165, 1.54) is 13.1 Å². The van der Waals surface area contributed by atoms with Crippen LogP contribution in [0.2, 0.25) is 0 Å². The fourth-order valence-corrected chi connectivity index (χ4v) is 2.16. The molecule has 60 valence electrons. The topological polar surface area (TPSA) is 6.48 Å². The van der Waals surface area contributed by atoms with E-state index in [1.807, 2.05) is 0 Å². The second-order valence-electron chi connectivity index (χ2n) is 2.44. The predicted molar refractivity (Wildman–Crippen MR) is 39.3 cm³/mol. The zero-order chi connectivity index (χ0) is 7.40. The molecular formula is C7H14IN2-. The van der Waals surface area contributed by atoms with E-state index < -0.39 is 0 Å². The molecule has 0 aliphatic carbocycles. The molecule has 0 saturated heterocycles. The van der Waals surface area contributed by atoms with E-state index >= 15 is 0 Å². The summed E-state index contributed by atoms with van der Waals surface area (Å²) in [4.78, 5) is 4.64. The molecule has 1 aliphatic rings. The van der Waals surface area contributed by atoms with Gasteiger partial charge >= 0.3 is 73.4 Å². The molecule has 0 amide bonds. The molecule has 1 heterocycles. The van der Waals surface area contributed by atoms with Crippen molar-refractivity contribution in [3.05, 3.63) is 12.3 Å². The van der Waals surface area contributed by atoms with E-state index in [-0.39, 0.29) is 21.5 Å². The Labute approximate surface area is 73.5 Å². The van der Waals surface area contributed by atoms with E-state index in [1.54, 1.807) is 0 Å². The van der Waals surface area contributed by atoms with Crippen molar-refractivity contribution in [1.29, 1.82) is 0 Å². The SMILES string of the molecule is C[I-]N1C=CCN(C)CC1. The number of hydrogen-bond donors (Lipinski definition) is 0. The van der Waals surface area contributed by atoms with Gasteiger partial charge in [-0.1, -0.05) is 0 Å². The quantitative estimate of drug-likeness (QED) is 0.287. The van der Waals surface area contributed by atoms with Crippen LogP contribution in [0.3, 0.4) is 0 Å². The maximum atomic E-state index is 2.45. The monoisotopic (exact) mass is 253 g/mol. The first-order valence-electron chi connectivity index (χ1n) is 3.44. The third-order valence-corrected chi connectivity index (χ3v) is 3.64. The Hall–Kier alpha value is 0.230. The summed E-state index contributed by atoms with van der Waals surface area (Å²) in [5, 5.41) is 0. The molecule has 2 nitrogen and oxygen atoms in total. The number of alkyl halides is 1. The Bertz CT molecular complexity index is 125. The molecule has 1 aliphatic heterocycles. The Kier molecular flexibility index (Phi) is 3.48. The fourth-order valence-electron chi connectivity index (χ4n) is 0.914. The van der Waals surface area contributed by atoms with Crippen LogP contribution in [0.25, 0.3) is 0 Å². The fraction of sp³-hybridized carbons (Fsp3) is 0.714. The first-order valence-corrected chi connectivity index (χ1v) is 6.57. The molecule has 0 bridgehead atoms. The minimum atomic E-state index is 0.269. The molecule has 0 aromatic heterocycles. The summed E-state index contributed by atoms with van der Waals surface area (Å²) < 4.78 is 2.45. The van der Waals surface area contributed by atoms with Crippen LogP contribution < -0.4 is 21.5 Å². The minimum absolute atomic E-state index is 0.269. The van der Waals surface area contributed by atoms with E-state index in [2.05, 4.69) is 32.3 Å².